The van der Waals surface area contributed by atoms with Crippen LogP contribution in [0.25, 0.3) is 31.9 Å². The van der Waals surface area contributed by atoms with Gasteiger partial charge in [0.25, 0.3) is 0 Å². The van der Waals surface area contributed by atoms with Crippen LogP contribution in [0, 0.1) is 0 Å². The topological polar surface area (TPSA) is 73.1 Å². The Labute approximate surface area is 172 Å². The van der Waals surface area contributed by atoms with Crippen LogP contribution in [0.2, 0.25) is 0 Å². The van der Waals surface area contributed by atoms with E-state index in [4.69, 9.17) is 14.1 Å². The van der Waals surface area contributed by atoms with Crippen LogP contribution in [0.15, 0.2) is 29.1 Å². The number of nitrogens with zero attached hydrogens (tertiary/aromatic N) is 3. The van der Waals surface area contributed by atoms with Crippen molar-refractivity contribution in [1.29, 1.82) is 0 Å². The van der Waals surface area contributed by atoms with E-state index in [0.29, 0.717) is 0 Å². The molecule has 1 fully saturated rings. The lowest BCUT2D eigenvalue weighted by Gasteiger charge is -2.19. The SMILES string of the molecule is c1coc(-c2nc3sc4c(NC[C@@H]5CCCO5)ncnc4c3c3c2CCCC3)c1. The summed E-state index contributed by atoms with van der Waals surface area (Å²) in [6, 6.07) is 3.94. The minimum absolute atomic E-state index is 0.269. The first kappa shape index (κ1) is 17.4. The molecule has 7 heteroatoms. The molecule has 0 unspecified atom stereocenters. The highest BCUT2D eigenvalue weighted by Gasteiger charge is 2.25. The van der Waals surface area contributed by atoms with Gasteiger partial charge >= 0.3 is 0 Å². The number of ether oxygens (including phenoxy) is 1. The van der Waals surface area contributed by atoms with Crippen LogP contribution in [0.4, 0.5) is 5.82 Å². The fourth-order valence-corrected chi connectivity index (χ4v) is 5.74. The second kappa shape index (κ2) is 7.07. The summed E-state index contributed by atoms with van der Waals surface area (Å²) in [7, 11) is 0. The molecule has 4 aromatic rings. The minimum Gasteiger partial charge on any atom is -0.463 e. The zero-order chi connectivity index (χ0) is 19.2. The van der Waals surface area contributed by atoms with Gasteiger partial charge in [-0.3, -0.25) is 0 Å². The smallest absolute Gasteiger partial charge is 0.152 e. The average Bonchev–Trinajstić information content (AvgIpc) is 3.52. The maximum Gasteiger partial charge on any atom is 0.152 e. The molecule has 5 heterocycles. The van der Waals surface area contributed by atoms with E-state index in [1.54, 1.807) is 23.9 Å². The number of fused-ring (bicyclic) bond motifs is 5. The Morgan fingerprint density at radius 3 is 2.90 bits per heavy atom. The van der Waals surface area contributed by atoms with E-state index < -0.39 is 0 Å². The molecule has 1 N–H and O–H groups in total. The van der Waals surface area contributed by atoms with E-state index in [-0.39, 0.29) is 6.10 Å². The summed E-state index contributed by atoms with van der Waals surface area (Å²) < 4.78 is 12.5. The average molecular weight is 407 g/mol. The summed E-state index contributed by atoms with van der Waals surface area (Å²) in [6.07, 6.45) is 10.4. The van der Waals surface area contributed by atoms with Crippen molar-refractivity contribution in [2.24, 2.45) is 0 Å². The van der Waals surface area contributed by atoms with E-state index in [1.165, 1.54) is 29.4 Å². The molecule has 0 bridgehead atoms. The standard InChI is InChI=1S/C22H22N4O2S/c1-2-7-15-14(6-1)17-19-20(29-22(17)26-18(15)16-8-4-10-28-16)21(25-12-24-19)23-11-13-5-3-9-27-13/h4,8,10,12-13H,1-3,5-7,9,11H2,(H,23,24,25)/t13-/m0/s1. The van der Waals surface area contributed by atoms with Gasteiger partial charge in [-0.15, -0.1) is 11.3 Å². The Bertz CT molecular complexity index is 1180. The lowest BCUT2D eigenvalue weighted by molar-refractivity contribution is 0.120. The Hall–Kier alpha value is -2.51. The van der Waals surface area contributed by atoms with Gasteiger partial charge < -0.3 is 14.5 Å². The number of nitrogens with one attached hydrogen (secondary N) is 1. The van der Waals surface area contributed by atoms with Gasteiger partial charge in [-0.05, 0) is 61.8 Å². The summed E-state index contributed by atoms with van der Waals surface area (Å²) >= 11 is 1.67. The maximum atomic E-state index is 5.75. The Kier molecular flexibility index (Phi) is 4.23. The van der Waals surface area contributed by atoms with E-state index in [1.807, 2.05) is 12.1 Å². The van der Waals surface area contributed by atoms with Crippen molar-refractivity contribution >= 4 is 37.6 Å². The molecule has 1 atom stereocenters. The molecule has 6 nitrogen and oxygen atoms in total. The molecule has 0 saturated carbocycles. The number of anilines is 1. The molecule has 1 aliphatic carbocycles. The van der Waals surface area contributed by atoms with Crippen molar-refractivity contribution in [3.63, 3.8) is 0 Å². The van der Waals surface area contributed by atoms with Crippen molar-refractivity contribution in [3.05, 3.63) is 35.9 Å². The monoisotopic (exact) mass is 406 g/mol. The Morgan fingerprint density at radius 1 is 1.14 bits per heavy atom. The molecule has 148 valence electrons. The van der Waals surface area contributed by atoms with Gasteiger partial charge in [0, 0.05) is 18.5 Å². The van der Waals surface area contributed by atoms with Crippen molar-refractivity contribution in [1.82, 2.24) is 15.0 Å². The molecule has 4 aromatic heterocycles. The predicted molar refractivity (Wildman–Crippen MR) is 115 cm³/mol. The third-order valence-electron chi connectivity index (χ3n) is 6.00. The van der Waals surface area contributed by atoms with Crippen LogP contribution in [-0.2, 0) is 17.6 Å². The van der Waals surface area contributed by atoms with E-state index in [9.17, 15) is 0 Å². The number of furan rings is 1. The maximum absolute atomic E-state index is 5.75. The van der Waals surface area contributed by atoms with Crippen LogP contribution >= 0.6 is 11.3 Å². The first-order valence-corrected chi connectivity index (χ1v) is 11.2. The van der Waals surface area contributed by atoms with E-state index >= 15 is 0 Å². The summed E-state index contributed by atoms with van der Waals surface area (Å²) in [4.78, 5) is 15.3. The highest BCUT2D eigenvalue weighted by molar-refractivity contribution is 7.26. The van der Waals surface area contributed by atoms with Gasteiger partial charge in [0.15, 0.2) is 5.76 Å². The number of hydrogen-bond acceptors (Lipinski definition) is 7. The third-order valence-corrected chi connectivity index (χ3v) is 7.08. The number of hydrogen-bond donors (Lipinski definition) is 1. The van der Waals surface area contributed by atoms with Crippen molar-refractivity contribution in [3.8, 4) is 11.5 Å². The molecule has 0 radical (unpaired) electrons. The molecule has 29 heavy (non-hydrogen) atoms. The molecule has 2 aliphatic rings. The second-order valence-electron chi connectivity index (χ2n) is 7.80. The molecule has 0 aromatic carbocycles. The number of aromatic nitrogens is 3. The largest absolute Gasteiger partial charge is 0.463 e. The van der Waals surface area contributed by atoms with Crippen molar-refractivity contribution in [2.45, 2.75) is 44.6 Å². The van der Waals surface area contributed by atoms with E-state index in [2.05, 4.69) is 15.3 Å². The van der Waals surface area contributed by atoms with Gasteiger partial charge in [-0.2, -0.15) is 0 Å². The van der Waals surface area contributed by atoms with Crippen LogP contribution in [0.5, 0.6) is 0 Å². The number of aryl methyl sites for hydroxylation is 1. The van der Waals surface area contributed by atoms with Crippen LogP contribution in [0.1, 0.15) is 36.8 Å². The molecule has 1 saturated heterocycles. The lowest BCUT2D eigenvalue weighted by Crippen LogP contribution is -2.18. The fourth-order valence-electron chi connectivity index (χ4n) is 4.62. The molecule has 0 amide bonds. The van der Waals surface area contributed by atoms with Crippen LogP contribution < -0.4 is 5.32 Å². The zero-order valence-corrected chi connectivity index (χ0v) is 16.9. The van der Waals surface area contributed by atoms with Gasteiger partial charge in [0.1, 0.15) is 22.7 Å². The van der Waals surface area contributed by atoms with Crippen molar-refractivity contribution in [2.75, 3.05) is 18.5 Å². The summed E-state index contributed by atoms with van der Waals surface area (Å²) in [6.45, 7) is 1.64. The first-order valence-electron chi connectivity index (χ1n) is 10.4. The molecular weight excluding hydrogens is 384 g/mol. The minimum atomic E-state index is 0.269. The Morgan fingerprint density at radius 2 is 2.07 bits per heavy atom. The predicted octanol–water partition coefficient (Wildman–Crippen LogP) is 4.97. The second-order valence-corrected chi connectivity index (χ2v) is 8.80. The number of thiophene rings is 1. The normalized spacial score (nSPS) is 19.1. The molecule has 6 rings (SSSR count). The van der Waals surface area contributed by atoms with Crippen LogP contribution in [-0.4, -0.2) is 34.2 Å². The molecule has 0 spiro atoms. The van der Waals surface area contributed by atoms with Gasteiger partial charge in [-0.25, -0.2) is 15.0 Å². The number of pyridine rings is 1. The molecular formula is C22H22N4O2S. The molecule has 1 aliphatic heterocycles. The van der Waals surface area contributed by atoms with Crippen molar-refractivity contribution < 1.29 is 9.15 Å². The Balaban J connectivity index is 1.51. The number of rotatable bonds is 4. The highest BCUT2D eigenvalue weighted by Crippen LogP contribution is 2.42. The van der Waals surface area contributed by atoms with Gasteiger partial charge in [0.2, 0.25) is 0 Å². The van der Waals surface area contributed by atoms with E-state index in [0.717, 1.165) is 71.2 Å². The van der Waals surface area contributed by atoms with Crippen LogP contribution in [0.3, 0.4) is 0 Å². The lowest BCUT2D eigenvalue weighted by atomic mass is 9.88. The summed E-state index contributed by atoms with van der Waals surface area (Å²) in [5, 5.41) is 4.71. The highest BCUT2D eigenvalue weighted by atomic mass is 32.1. The first-order chi connectivity index (χ1) is 14.4. The fraction of sp³-hybridized carbons (Fsp3) is 0.409. The summed E-state index contributed by atoms with van der Waals surface area (Å²) in [5.74, 6) is 1.74. The third kappa shape index (κ3) is 2.91. The zero-order valence-electron chi connectivity index (χ0n) is 16.1. The van der Waals surface area contributed by atoms with Gasteiger partial charge in [0.05, 0.1) is 22.6 Å². The quantitative estimate of drug-likeness (QED) is 0.516. The van der Waals surface area contributed by atoms with Gasteiger partial charge in [-0.1, -0.05) is 0 Å². The summed E-state index contributed by atoms with van der Waals surface area (Å²) in [5.41, 5.74) is 4.73.